The highest BCUT2D eigenvalue weighted by molar-refractivity contribution is 7.12. The quantitative estimate of drug-likeness (QED) is 0.827. The normalized spacial score (nSPS) is 18.5. The molecular formula is C15H19NO3S. The lowest BCUT2D eigenvalue weighted by atomic mass is 9.99. The molecule has 1 atom stereocenters. The number of nitrogens with zero attached hydrogens (tertiary/aromatic N) is 1. The summed E-state index contributed by atoms with van der Waals surface area (Å²) >= 11 is 1.40. The molecule has 0 bridgehead atoms. The van der Waals surface area contributed by atoms with E-state index in [0.717, 1.165) is 24.9 Å². The second kappa shape index (κ2) is 7.44. The Bertz CT molecular complexity index is 515. The first-order valence-electron chi connectivity index (χ1n) is 6.83. The Morgan fingerprint density at radius 2 is 2.35 bits per heavy atom. The summed E-state index contributed by atoms with van der Waals surface area (Å²) in [6.07, 6.45) is 2.33. The van der Waals surface area contributed by atoms with Crippen molar-refractivity contribution in [3.05, 3.63) is 21.9 Å². The number of aliphatic hydroxyl groups is 2. The summed E-state index contributed by atoms with van der Waals surface area (Å²) < 4.78 is 0. The molecule has 2 N–H and O–H groups in total. The zero-order valence-corrected chi connectivity index (χ0v) is 12.2. The number of likely N-dealkylation sites (tertiary alicyclic amines) is 1. The summed E-state index contributed by atoms with van der Waals surface area (Å²) in [5, 5.41) is 19.8. The SMILES string of the molecule is O=C(c1sccc1C#CCCO)N1CCCC(CO)C1. The van der Waals surface area contributed by atoms with Crippen LogP contribution >= 0.6 is 11.3 Å². The summed E-state index contributed by atoms with van der Waals surface area (Å²) in [7, 11) is 0. The van der Waals surface area contributed by atoms with E-state index in [9.17, 15) is 9.90 Å². The van der Waals surface area contributed by atoms with E-state index >= 15 is 0 Å². The number of carbonyl (C=O) groups is 1. The smallest absolute Gasteiger partial charge is 0.265 e. The van der Waals surface area contributed by atoms with Gasteiger partial charge in [0.05, 0.1) is 6.61 Å². The second-order valence-corrected chi connectivity index (χ2v) is 5.80. The number of thiophene rings is 1. The Morgan fingerprint density at radius 1 is 1.50 bits per heavy atom. The lowest BCUT2D eigenvalue weighted by molar-refractivity contribution is 0.0625. The predicted molar refractivity (Wildman–Crippen MR) is 78.6 cm³/mol. The van der Waals surface area contributed by atoms with Crippen molar-refractivity contribution in [2.45, 2.75) is 19.3 Å². The van der Waals surface area contributed by atoms with Gasteiger partial charge in [-0.1, -0.05) is 11.8 Å². The molecule has 1 aromatic rings. The standard InChI is InChI=1S/C15H19NO3S/c17-8-2-1-5-13-6-9-20-14(13)15(19)16-7-3-4-12(10-16)11-18/h6,9,12,17-18H,2-4,7-8,10-11H2. The van der Waals surface area contributed by atoms with Gasteiger partial charge in [0, 0.05) is 31.7 Å². The molecule has 0 aliphatic carbocycles. The fraction of sp³-hybridized carbons (Fsp3) is 0.533. The maximum Gasteiger partial charge on any atom is 0.265 e. The van der Waals surface area contributed by atoms with E-state index in [-0.39, 0.29) is 25.0 Å². The average molecular weight is 293 g/mol. The molecule has 1 amide bonds. The van der Waals surface area contributed by atoms with Crippen molar-refractivity contribution in [2.75, 3.05) is 26.3 Å². The molecule has 0 saturated carbocycles. The first kappa shape index (κ1) is 15.0. The molecule has 108 valence electrons. The third kappa shape index (κ3) is 3.60. The summed E-state index contributed by atoms with van der Waals surface area (Å²) in [6, 6.07) is 1.84. The van der Waals surface area contributed by atoms with Gasteiger partial charge in [0.25, 0.3) is 5.91 Å². The number of amides is 1. The van der Waals surface area contributed by atoms with Gasteiger partial charge in [-0.15, -0.1) is 11.3 Å². The fourth-order valence-electron chi connectivity index (χ4n) is 2.33. The summed E-state index contributed by atoms with van der Waals surface area (Å²) in [6.45, 7) is 1.54. The zero-order chi connectivity index (χ0) is 14.4. The second-order valence-electron chi connectivity index (χ2n) is 4.88. The van der Waals surface area contributed by atoms with Crippen LogP contribution in [0.2, 0.25) is 0 Å². The van der Waals surface area contributed by atoms with Crippen molar-refractivity contribution in [2.24, 2.45) is 5.92 Å². The van der Waals surface area contributed by atoms with Crippen LogP contribution in [-0.4, -0.2) is 47.3 Å². The summed E-state index contributed by atoms with van der Waals surface area (Å²) in [5.74, 6) is 5.99. The van der Waals surface area contributed by atoms with Crippen LogP contribution in [0.4, 0.5) is 0 Å². The van der Waals surface area contributed by atoms with Gasteiger partial charge in [-0.25, -0.2) is 0 Å². The highest BCUT2D eigenvalue weighted by Crippen LogP contribution is 2.22. The highest BCUT2D eigenvalue weighted by Gasteiger charge is 2.25. The topological polar surface area (TPSA) is 60.8 Å². The van der Waals surface area contributed by atoms with Gasteiger partial charge < -0.3 is 15.1 Å². The first-order chi connectivity index (χ1) is 9.76. The molecule has 1 aliphatic rings. The van der Waals surface area contributed by atoms with E-state index in [1.54, 1.807) is 0 Å². The number of hydrogen-bond donors (Lipinski definition) is 2. The molecule has 1 unspecified atom stereocenters. The Hall–Kier alpha value is -1.35. The van der Waals surface area contributed by atoms with Crippen LogP contribution in [0.15, 0.2) is 11.4 Å². The summed E-state index contributed by atoms with van der Waals surface area (Å²) in [4.78, 5) is 15.0. The van der Waals surface area contributed by atoms with Gasteiger partial charge >= 0.3 is 0 Å². The third-order valence-corrected chi connectivity index (χ3v) is 4.29. The highest BCUT2D eigenvalue weighted by atomic mass is 32.1. The largest absolute Gasteiger partial charge is 0.396 e. The Labute approximate surface area is 123 Å². The molecule has 2 heterocycles. The Balaban J connectivity index is 2.10. The number of aliphatic hydroxyl groups excluding tert-OH is 2. The van der Waals surface area contributed by atoms with E-state index in [2.05, 4.69) is 11.8 Å². The van der Waals surface area contributed by atoms with E-state index < -0.39 is 0 Å². The van der Waals surface area contributed by atoms with Crippen molar-refractivity contribution in [1.29, 1.82) is 0 Å². The number of hydrogen-bond acceptors (Lipinski definition) is 4. The minimum absolute atomic E-state index is 0.00597. The maximum absolute atomic E-state index is 12.5. The number of rotatable bonds is 3. The van der Waals surface area contributed by atoms with Crippen molar-refractivity contribution in [1.82, 2.24) is 4.90 Å². The fourth-order valence-corrected chi connectivity index (χ4v) is 3.15. The van der Waals surface area contributed by atoms with Crippen LogP contribution in [0.3, 0.4) is 0 Å². The van der Waals surface area contributed by atoms with Crippen molar-refractivity contribution in [3.63, 3.8) is 0 Å². The molecule has 1 saturated heterocycles. The van der Waals surface area contributed by atoms with Gasteiger partial charge in [0.15, 0.2) is 0 Å². The van der Waals surface area contributed by atoms with Crippen molar-refractivity contribution >= 4 is 17.2 Å². The summed E-state index contributed by atoms with van der Waals surface area (Å²) in [5.41, 5.74) is 0.736. The van der Waals surface area contributed by atoms with Crippen LogP contribution in [0.25, 0.3) is 0 Å². The molecule has 2 rings (SSSR count). The predicted octanol–water partition coefficient (Wildman–Crippen LogP) is 1.33. The molecule has 0 spiro atoms. The molecule has 4 nitrogen and oxygen atoms in total. The maximum atomic E-state index is 12.5. The minimum Gasteiger partial charge on any atom is -0.396 e. The lowest BCUT2D eigenvalue weighted by Crippen LogP contribution is -2.40. The molecule has 1 fully saturated rings. The molecule has 20 heavy (non-hydrogen) atoms. The van der Waals surface area contributed by atoms with Gasteiger partial charge in [-0.3, -0.25) is 4.79 Å². The number of carbonyl (C=O) groups excluding carboxylic acids is 1. The van der Waals surface area contributed by atoms with E-state index in [1.165, 1.54) is 11.3 Å². The molecule has 5 heteroatoms. The average Bonchev–Trinajstić information content (AvgIpc) is 2.95. The molecule has 1 aliphatic heterocycles. The van der Waals surface area contributed by atoms with Gasteiger partial charge in [-0.05, 0) is 30.2 Å². The van der Waals surface area contributed by atoms with Gasteiger partial charge in [-0.2, -0.15) is 0 Å². The van der Waals surface area contributed by atoms with E-state index in [1.807, 2.05) is 16.3 Å². The molecular weight excluding hydrogens is 274 g/mol. The monoisotopic (exact) mass is 293 g/mol. The van der Waals surface area contributed by atoms with E-state index in [4.69, 9.17) is 5.11 Å². The van der Waals surface area contributed by atoms with Crippen molar-refractivity contribution < 1.29 is 15.0 Å². The number of piperidine rings is 1. The molecule has 1 aromatic heterocycles. The van der Waals surface area contributed by atoms with Crippen LogP contribution in [-0.2, 0) is 0 Å². The zero-order valence-electron chi connectivity index (χ0n) is 11.3. The van der Waals surface area contributed by atoms with Crippen LogP contribution < -0.4 is 0 Å². The first-order valence-corrected chi connectivity index (χ1v) is 7.71. The Kier molecular flexibility index (Phi) is 5.60. The van der Waals surface area contributed by atoms with Crippen LogP contribution in [0.1, 0.15) is 34.5 Å². The lowest BCUT2D eigenvalue weighted by Gasteiger charge is -2.31. The molecule has 0 aromatic carbocycles. The van der Waals surface area contributed by atoms with E-state index in [0.29, 0.717) is 17.8 Å². The van der Waals surface area contributed by atoms with Crippen LogP contribution in [0, 0.1) is 17.8 Å². The van der Waals surface area contributed by atoms with Gasteiger partial charge in [0.1, 0.15) is 4.88 Å². The van der Waals surface area contributed by atoms with Crippen molar-refractivity contribution in [3.8, 4) is 11.8 Å². The molecule has 0 radical (unpaired) electrons. The van der Waals surface area contributed by atoms with Crippen LogP contribution in [0.5, 0.6) is 0 Å². The third-order valence-electron chi connectivity index (χ3n) is 3.38. The van der Waals surface area contributed by atoms with Gasteiger partial charge in [0.2, 0.25) is 0 Å². The Morgan fingerprint density at radius 3 is 3.10 bits per heavy atom. The minimum atomic E-state index is 0.00597.